The molecule has 3 heteroatoms. The van der Waals surface area contributed by atoms with Crippen LogP contribution >= 0.6 is 0 Å². The molecule has 3 rings (SSSR count). The number of ether oxygens (including phenoxy) is 1. The summed E-state index contributed by atoms with van der Waals surface area (Å²) in [5, 5.41) is 11.0. The zero-order valence-corrected chi connectivity index (χ0v) is 10.7. The highest BCUT2D eigenvalue weighted by molar-refractivity contribution is 5.51. The fourth-order valence-electron chi connectivity index (χ4n) is 2.64. The maximum atomic E-state index is 11.0. The molecule has 0 saturated heterocycles. The van der Waals surface area contributed by atoms with Crippen molar-refractivity contribution >= 4 is 0 Å². The summed E-state index contributed by atoms with van der Waals surface area (Å²) >= 11 is 0. The molecule has 1 atom stereocenters. The van der Waals surface area contributed by atoms with Gasteiger partial charge in [-0.15, -0.1) is 0 Å². The summed E-state index contributed by atoms with van der Waals surface area (Å²) in [5.41, 5.74) is 7.35. The first-order chi connectivity index (χ1) is 9.25. The van der Waals surface area contributed by atoms with Crippen molar-refractivity contribution in [3.8, 4) is 5.75 Å². The van der Waals surface area contributed by atoms with Gasteiger partial charge < -0.3 is 15.6 Å². The Bertz CT molecular complexity index is 583. The van der Waals surface area contributed by atoms with E-state index < -0.39 is 5.60 Å². The van der Waals surface area contributed by atoms with E-state index in [9.17, 15) is 5.11 Å². The Morgan fingerprint density at radius 1 is 1.11 bits per heavy atom. The number of fused-ring (bicyclic) bond motifs is 1. The minimum absolute atomic E-state index is 0.122. The molecule has 1 unspecified atom stereocenters. The normalized spacial score (nSPS) is 16.5. The van der Waals surface area contributed by atoms with E-state index in [0.717, 1.165) is 28.9 Å². The number of aliphatic hydroxyl groups is 1. The van der Waals surface area contributed by atoms with E-state index >= 15 is 0 Å². The van der Waals surface area contributed by atoms with Gasteiger partial charge in [-0.3, -0.25) is 0 Å². The van der Waals surface area contributed by atoms with Gasteiger partial charge >= 0.3 is 0 Å². The number of nitrogens with two attached hydrogens (primary N) is 1. The molecule has 0 radical (unpaired) electrons. The summed E-state index contributed by atoms with van der Waals surface area (Å²) < 4.78 is 5.68. The predicted molar refractivity (Wildman–Crippen MR) is 74.1 cm³/mol. The molecule has 19 heavy (non-hydrogen) atoms. The van der Waals surface area contributed by atoms with Crippen molar-refractivity contribution in [1.82, 2.24) is 0 Å². The van der Waals surface area contributed by atoms with Gasteiger partial charge in [0.25, 0.3) is 0 Å². The quantitative estimate of drug-likeness (QED) is 0.879. The van der Waals surface area contributed by atoms with Gasteiger partial charge in [-0.05, 0) is 11.1 Å². The molecule has 3 nitrogen and oxygen atoms in total. The van der Waals surface area contributed by atoms with Crippen LogP contribution in [0.5, 0.6) is 5.75 Å². The largest absolute Gasteiger partial charge is 0.493 e. The van der Waals surface area contributed by atoms with E-state index in [1.54, 1.807) is 0 Å². The molecule has 0 amide bonds. The van der Waals surface area contributed by atoms with E-state index in [0.29, 0.717) is 6.61 Å². The Labute approximate surface area is 112 Å². The Morgan fingerprint density at radius 3 is 2.63 bits per heavy atom. The molecule has 1 aliphatic rings. The number of hydrogen-bond acceptors (Lipinski definition) is 3. The van der Waals surface area contributed by atoms with Crippen molar-refractivity contribution in [2.24, 2.45) is 5.73 Å². The molecule has 0 bridgehead atoms. The lowest BCUT2D eigenvalue weighted by Gasteiger charge is -2.29. The van der Waals surface area contributed by atoms with E-state index in [2.05, 4.69) is 0 Å². The number of rotatable bonds is 3. The lowest BCUT2D eigenvalue weighted by Crippen LogP contribution is -2.36. The maximum absolute atomic E-state index is 11.0. The first-order valence-electron chi connectivity index (χ1n) is 6.49. The highest BCUT2D eigenvalue weighted by atomic mass is 16.5. The molecule has 2 aromatic carbocycles. The maximum Gasteiger partial charge on any atom is 0.130 e. The summed E-state index contributed by atoms with van der Waals surface area (Å²) in [5.74, 6) is 0.791. The van der Waals surface area contributed by atoms with Gasteiger partial charge in [0.2, 0.25) is 0 Å². The molecule has 98 valence electrons. The SMILES string of the molecule is NCC(O)(c1ccccc1)c1cccc2c1OCC2. The average molecular weight is 255 g/mol. The van der Waals surface area contributed by atoms with Crippen molar-refractivity contribution in [3.63, 3.8) is 0 Å². The average Bonchev–Trinajstić information content (AvgIpc) is 2.95. The molecule has 3 N–H and O–H groups in total. The molecule has 0 aromatic heterocycles. The van der Waals surface area contributed by atoms with Gasteiger partial charge in [-0.25, -0.2) is 0 Å². The molecule has 2 aromatic rings. The van der Waals surface area contributed by atoms with E-state index in [4.69, 9.17) is 10.5 Å². The molecule has 1 aliphatic heterocycles. The minimum Gasteiger partial charge on any atom is -0.493 e. The highest BCUT2D eigenvalue weighted by Gasteiger charge is 2.34. The second-order valence-corrected chi connectivity index (χ2v) is 4.82. The number of hydrogen-bond donors (Lipinski definition) is 2. The van der Waals surface area contributed by atoms with Gasteiger partial charge in [0.1, 0.15) is 11.4 Å². The van der Waals surface area contributed by atoms with E-state index in [1.807, 2.05) is 48.5 Å². The molecule has 1 heterocycles. The van der Waals surface area contributed by atoms with Gasteiger partial charge in [-0.2, -0.15) is 0 Å². The van der Waals surface area contributed by atoms with Crippen molar-refractivity contribution in [1.29, 1.82) is 0 Å². The Balaban J connectivity index is 2.16. The first-order valence-corrected chi connectivity index (χ1v) is 6.49. The van der Waals surface area contributed by atoms with Crippen LogP contribution in [0, 0.1) is 0 Å². The summed E-state index contributed by atoms with van der Waals surface area (Å²) in [6, 6.07) is 15.4. The lowest BCUT2D eigenvalue weighted by molar-refractivity contribution is 0.0870. The van der Waals surface area contributed by atoms with Crippen LogP contribution < -0.4 is 10.5 Å². The van der Waals surface area contributed by atoms with Gasteiger partial charge in [0, 0.05) is 18.5 Å². The van der Waals surface area contributed by atoms with E-state index in [1.165, 1.54) is 0 Å². The summed E-state index contributed by atoms with van der Waals surface area (Å²) in [7, 11) is 0. The summed E-state index contributed by atoms with van der Waals surface area (Å²) in [4.78, 5) is 0. The summed E-state index contributed by atoms with van der Waals surface area (Å²) in [6.07, 6.45) is 0.888. The van der Waals surface area contributed by atoms with Crippen LogP contribution in [0.15, 0.2) is 48.5 Å². The van der Waals surface area contributed by atoms with Crippen LogP contribution in [-0.2, 0) is 12.0 Å². The minimum atomic E-state index is -1.20. The highest BCUT2D eigenvalue weighted by Crippen LogP contribution is 2.39. The van der Waals surface area contributed by atoms with Gasteiger partial charge in [0.05, 0.1) is 6.61 Å². The first kappa shape index (κ1) is 12.2. The predicted octanol–water partition coefficient (Wildman–Crippen LogP) is 1.82. The number of para-hydroxylation sites is 1. The molecular weight excluding hydrogens is 238 g/mol. The van der Waals surface area contributed by atoms with Crippen LogP contribution in [0.3, 0.4) is 0 Å². The topological polar surface area (TPSA) is 55.5 Å². The molecule has 0 aliphatic carbocycles. The zero-order chi connectivity index (χ0) is 13.3. The summed E-state index contributed by atoms with van der Waals surface area (Å²) in [6.45, 7) is 0.790. The Morgan fingerprint density at radius 2 is 1.89 bits per heavy atom. The third-order valence-electron chi connectivity index (χ3n) is 3.71. The lowest BCUT2D eigenvalue weighted by atomic mass is 9.85. The van der Waals surface area contributed by atoms with Crippen LogP contribution in [0.4, 0.5) is 0 Å². The van der Waals surface area contributed by atoms with Crippen molar-refractivity contribution < 1.29 is 9.84 Å². The molecule has 0 fully saturated rings. The fourth-order valence-corrected chi connectivity index (χ4v) is 2.64. The number of benzene rings is 2. The second-order valence-electron chi connectivity index (χ2n) is 4.82. The third kappa shape index (κ3) is 1.91. The Kier molecular flexibility index (Phi) is 3.01. The molecule has 0 saturated carbocycles. The van der Waals surface area contributed by atoms with Crippen LogP contribution in [0.1, 0.15) is 16.7 Å². The fraction of sp³-hybridized carbons (Fsp3) is 0.250. The Hall–Kier alpha value is -1.84. The monoisotopic (exact) mass is 255 g/mol. The van der Waals surface area contributed by atoms with Crippen LogP contribution in [-0.4, -0.2) is 18.3 Å². The molecular formula is C16H17NO2. The zero-order valence-electron chi connectivity index (χ0n) is 10.7. The van der Waals surface area contributed by atoms with Crippen molar-refractivity contribution in [3.05, 3.63) is 65.2 Å². The standard InChI is InChI=1S/C16H17NO2/c17-11-16(18,13-6-2-1-3-7-13)14-8-4-5-12-9-10-19-15(12)14/h1-8,18H,9-11,17H2. The van der Waals surface area contributed by atoms with E-state index in [-0.39, 0.29) is 6.54 Å². The smallest absolute Gasteiger partial charge is 0.130 e. The second kappa shape index (κ2) is 4.68. The van der Waals surface area contributed by atoms with Gasteiger partial charge in [-0.1, -0.05) is 48.5 Å². The van der Waals surface area contributed by atoms with Crippen molar-refractivity contribution in [2.75, 3.05) is 13.2 Å². The van der Waals surface area contributed by atoms with Crippen LogP contribution in [0.25, 0.3) is 0 Å². The van der Waals surface area contributed by atoms with Crippen LogP contribution in [0.2, 0.25) is 0 Å². The van der Waals surface area contributed by atoms with Crippen molar-refractivity contribution in [2.45, 2.75) is 12.0 Å². The van der Waals surface area contributed by atoms with Gasteiger partial charge in [0.15, 0.2) is 0 Å². The molecule has 0 spiro atoms. The third-order valence-corrected chi connectivity index (χ3v) is 3.71.